The molecule has 0 aliphatic heterocycles. The van der Waals surface area contributed by atoms with Crippen LogP contribution in [0.5, 0.6) is 0 Å². The smallest absolute Gasteiger partial charge is 0.326 e. The van der Waals surface area contributed by atoms with Crippen LogP contribution in [0.2, 0.25) is 0 Å². The first-order chi connectivity index (χ1) is 11.1. The largest absolute Gasteiger partial charge is 0.347 e. The third kappa shape index (κ3) is 7.68. The fraction of sp³-hybridized carbons (Fsp3) is 0.438. The van der Waals surface area contributed by atoms with Crippen molar-refractivity contribution >= 4 is 23.5 Å². The topological polar surface area (TPSA) is 91.7 Å². The van der Waals surface area contributed by atoms with Gasteiger partial charge in [0.2, 0.25) is 0 Å². The maximum absolute atomic E-state index is 13.4. The van der Waals surface area contributed by atoms with Gasteiger partial charge in [0.05, 0.1) is 12.7 Å². The molecule has 7 nitrogen and oxygen atoms in total. The Morgan fingerprint density at radius 3 is 2.25 bits per heavy atom. The summed E-state index contributed by atoms with van der Waals surface area (Å²) in [5, 5.41) is 7.14. The van der Waals surface area contributed by atoms with E-state index >= 15 is 0 Å². The van der Waals surface area contributed by atoms with Crippen LogP contribution in [0.4, 0.5) is 14.9 Å². The van der Waals surface area contributed by atoms with Gasteiger partial charge >= 0.3 is 6.03 Å². The summed E-state index contributed by atoms with van der Waals surface area (Å²) in [6.45, 7) is 5.61. The van der Waals surface area contributed by atoms with Gasteiger partial charge in [-0.25, -0.2) is 9.18 Å². The summed E-state index contributed by atoms with van der Waals surface area (Å²) in [5.41, 5.74) is -0.368. The summed E-state index contributed by atoms with van der Waals surface area (Å²) in [5.74, 6) is -1.35. The van der Waals surface area contributed by atoms with Crippen LogP contribution in [0.3, 0.4) is 0 Å². The lowest BCUT2D eigenvalue weighted by Crippen LogP contribution is -3.11. The van der Waals surface area contributed by atoms with Crippen molar-refractivity contribution in [2.24, 2.45) is 0 Å². The molecule has 0 fully saturated rings. The van der Waals surface area contributed by atoms with E-state index < -0.39 is 17.8 Å². The number of carbonyl (C=O) groups is 3. The molecule has 1 rings (SSSR count). The lowest BCUT2D eigenvalue weighted by molar-refractivity contribution is -0.862. The van der Waals surface area contributed by atoms with Gasteiger partial charge < -0.3 is 15.5 Å². The van der Waals surface area contributed by atoms with E-state index in [-0.39, 0.29) is 30.2 Å². The van der Waals surface area contributed by atoms with Gasteiger partial charge in [-0.2, -0.15) is 0 Å². The number of anilines is 1. The fourth-order valence-electron chi connectivity index (χ4n) is 1.96. The number of quaternary nitrogens is 1. The maximum Gasteiger partial charge on any atom is 0.326 e. The molecule has 4 N–H and O–H groups in total. The SMILES string of the molecule is C[NH+](CC(=O)NC(=O)Nc1ccccc1F)CC(=O)NC(C)(C)C. The Labute approximate surface area is 140 Å². The molecule has 0 saturated heterocycles. The Kier molecular flexibility index (Phi) is 6.84. The minimum Gasteiger partial charge on any atom is -0.347 e. The molecule has 0 radical (unpaired) electrons. The van der Waals surface area contributed by atoms with Crippen LogP contribution in [-0.4, -0.2) is 43.5 Å². The number of benzene rings is 1. The Balaban J connectivity index is 2.41. The van der Waals surface area contributed by atoms with Crippen LogP contribution >= 0.6 is 0 Å². The van der Waals surface area contributed by atoms with Crippen LogP contribution in [-0.2, 0) is 9.59 Å². The summed E-state index contributed by atoms with van der Waals surface area (Å²) in [6, 6.07) is 4.81. The predicted octanol–water partition coefficient (Wildman–Crippen LogP) is -0.0968. The van der Waals surface area contributed by atoms with Crippen LogP contribution in [0.15, 0.2) is 24.3 Å². The highest BCUT2D eigenvalue weighted by Crippen LogP contribution is 2.11. The zero-order valence-electron chi connectivity index (χ0n) is 14.3. The molecule has 0 heterocycles. The minimum atomic E-state index is -0.822. The fourth-order valence-corrected chi connectivity index (χ4v) is 1.96. The van der Waals surface area contributed by atoms with Crippen molar-refractivity contribution in [1.29, 1.82) is 0 Å². The lowest BCUT2D eigenvalue weighted by Gasteiger charge is -2.21. The van der Waals surface area contributed by atoms with E-state index in [2.05, 4.69) is 16.0 Å². The maximum atomic E-state index is 13.4. The summed E-state index contributed by atoms with van der Waals surface area (Å²) < 4.78 is 13.4. The number of rotatable bonds is 5. The van der Waals surface area contributed by atoms with Crippen LogP contribution < -0.4 is 20.9 Å². The monoisotopic (exact) mass is 339 g/mol. The number of hydrogen-bond acceptors (Lipinski definition) is 3. The van der Waals surface area contributed by atoms with E-state index in [0.29, 0.717) is 4.90 Å². The van der Waals surface area contributed by atoms with Gasteiger partial charge in [0, 0.05) is 5.54 Å². The summed E-state index contributed by atoms with van der Waals surface area (Å²) in [4.78, 5) is 35.8. The van der Waals surface area contributed by atoms with E-state index in [0.717, 1.165) is 0 Å². The van der Waals surface area contributed by atoms with Crippen molar-refractivity contribution in [2.75, 3.05) is 25.5 Å². The average molecular weight is 339 g/mol. The molecule has 0 aliphatic carbocycles. The molecular formula is C16H24FN4O3+. The molecule has 0 bridgehead atoms. The number of halogens is 1. The summed E-state index contributed by atoms with van der Waals surface area (Å²) in [6.07, 6.45) is 0. The van der Waals surface area contributed by atoms with Gasteiger partial charge in [-0.1, -0.05) is 12.1 Å². The number of hydrogen-bond donors (Lipinski definition) is 4. The molecule has 1 unspecified atom stereocenters. The van der Waals surface area contributed by atoms with E-state index in [1.54, 1.807) is 13.1 Å². The molecule has 8 heteroatoms. The number of amides is 4. The third-order valence-electron chi connectivity index (χ3n) is 2.81. The second-order valence-corrected chi connectivity index (χ2v) is 6.59. The molecule has 132 valence electrons. The van der Waals surface area contributed by atoms with Crippen molar-refractivity contribution in [1.82, 2.24) is 10.6 Å². The van der Waals surface area contributed by atoms with E-state index in [1.807, 2.05) is 20.8 Å². The first-order valence-corrected chi connectivity index (χ1v) is 7.54. The molecule has 0 aromatic heterocycles. The van der Waals surface area contributed by atoms with Crippen molar-refractivity contribution < 1.29 is 23.7 Å². The van der Waals surface area contributed by atoms with Gasteiger partial charge in [-0.15, -0.1) is 0 Å². The highest BCUT2D eigenvalue weighted by Gasteiger charge is 2.19. The molecule has 1 atom stereocenters. The molecule has 1 aromatic carbocycles. The summed E-state index contributed by atoms with van der Waals surface area (Å²) >= 11 is 0. The molecule has 0 aliphatic rings. The van der Waals surface area contributed by atoms with Crippen LogP contribution in [0.25, 0.3) is 0 Å². The zero-order chi connectivity index (χ0) is 18.3. The van der Waals surface area contributed by atoms with Gasteiger partial charge in [0.1, 0.15) is 5.82 Å². The second kappa shape index (κ2) is 8.39. The quantitative estimate of drug-likeness (QED) is 0.604. The van der Waals surface area contributed by atoms with E-state index in [1.165, 1.54) is 18.2 Å². The van der Waals surface area contributed by atoms with Crippen LogP contribution in [0.1, 0.15) is 20.8 Å². The highest BCUT2D eigenvalue weighted by molar-refractivity contribution is 6.01. The van der Waals surface area contributed by atoms with Gasteiger partial charge in [-0.3, -0.25) is 14.9 Å². The molecule has 0 spiro atoms. The Hall–Kier alpha value is -2.48. The molecule has 0 saturated carbocycles. The molecule has 4 amide bonds. The Morgan fingerprint density at radius 1 is 1.08 bits per heavy atom. The number of urea groups is 1. The number of imide groups is 1. The van der Waals surface area contributed by atoms with E-state index in [4.69, 9.17) is 0 Å². The summed E-state index contributed by atoms with van der Waals surface area (Å²) in [7, 11) is 1.66. The standard InChI is InChI=1S/C16H23FN4O3/c1-16(2,3)20-14(23)10-21(4)9-13(22)19-15(24)18-12-8-6-5-7-11(12)17/h5-8H,9-10H2,1-4H3,(H,20,23)(H2,18,19,22,24)/p+1. The van der Waals surface area contributed by atoms with Crippen molar-refractivity contribution in [3.05, 3.63) is 30.1 Å². The third-order valence-corrected chi connectivity index (χ3v) is 2.81. The highest BCUT2D eigenvalue weighted by atomic mass is 19.1. The van der Waals surface area contributed by atoms with Crippen molar-refractivity contribution in [3.8, 4) is 0 Å². The van der Waals surface area contributed by atoms with Crippen molar-refractivity contribution in [3.63, 3.8) is 0 Å². The molecule has 24 heavy (non-hydrogen) atoms. The first-order valence-electron chi connectivity index (χ1n) is 7.54. The van der Waals surface area contributed by atoms with Crippen LogP contribution in [0, 0.1) is 5.82 Å². The molecule has 1 aromatic rings. The number of para-hydroxylation sites is 1. The number of nitrogens with one attached hydrogen (secondary N) is 4. The van der Waals surface area contributed by atoms with Gasteiger partial charge in [-0.05, 0) is 32.9 Å². The number of carbonyl (C=O) groups excluding carboxylic acids is 3. The molecular weight excluding hydrogens is 315 g/mol. The lowest BCUT2D eigenvalue weighted by atomic mass is 10.1. The number of likely N-dealkylation sites (N-methyl/N-ethyl adjacent to an activating group) is 1. The second-order valence-electron chi connectivity index (χ2n) is 6.59. The minimum absolute atomic E-state index is 0.0203. The predicted molar refractivity (Wildman–Crippen MR) is 88.1 cm³/mol. The van der Waals surface area contributed by atoms with Gasteiger partial charge in [0.15, 0.2) is 13.1 Å². The van der Waals surface area contributed by atoms with E-state index in [9.17, 15) is 18.8 Å². The van der Waals surface area contributed by atoms with Gasteiger partial charge in [0.25, 0.3) is 11.8 Å². The normalized spacial score (nSPS) is 12.2. The Morgan fingerprint density at radius 2 is 1.67 bits per heavy atom. The first kappa shape index (κ1) is 19.6. The zero-order valence-corrected chi connectivity index (χ0v) is 14.3. The van der Waals surface area contributed by atoms with Crippen molar-refractivity contribution in [2.45, 2.75) is 26.3 Å². The average Bonchev–Trinajstić information content (AvgIpc) is 2.38. The Bertz CT molecular complexity index is 614.